The van der Waals surface area contributed by atoms with Crippen molar-refractivity contribution in [2.75, 3.05) is 52.3 Å². The monoisotopic (exact) mass is 491 g/mol. The number of nitrogens with zero attached hydrogens (tertiary/aromatic N) is 1. The number of sulfone groups is 1. The lowest BCUT2D eigenvalue weighted by Crippen LogP contribution is -2.42. The van der Waals surface area contributed by atoms with Crippen LogP contribution in [-0.4, -0.2) is 71.4 Å². The van der Waals surface area contributed by atoms with Gasteiger partial charge in [0.05, 0.1) is 23.7 Å². The van der Waals surface area contributed by atoms with E-state index >= 15 is 0 Å². The molecule has 0 aromatic heterocycles. The molecule has 1 fully saturated rings. The molecule has 0 spiro atoms. The van der Waals surface area contributed by atoms with E-state index in [9.17, 15) is 8.42 Å². The number of hydrogen-bond donors (Lipinski definition) is 2. The molecular formula is C16H34IN3O4S. The van der Waals surface area contributed by atoms with Gasteiger partial charge in [0.2, 0.25) is 0 Å². The molecule has 0 aliphatic carbocycles. The smallest absolute Gasteiger partial charge is 0.191 e. The van der Waals surface area contributed by atoms with Gasteiger partial charge in [-0.2, -0.15) is 0 Å². The average molecular weight is 491 g/mol. The zero-order valence-corrected chi connectivity index (χ0v) is 19.0. The van der Waals surface area contributed by atoms with Gasteiger partial charge in [-0.1, -0.05) is 0 Å². The van der Waals surface area contributed by atoms with Crippen LogP contribution in [0.5, 0.6) is 0 Å². The van der Waals surface area contributed by atoms with E-state index in [0.717, 1.165) is 39.2 Å². The quantitative estimate of drug-likeness (QED) is 0.220. The van der Waals surface area contributed by atoms with Crippen molar-refractivity contribution in [1.29, 1.82) is 0 Å². The van der Waals surface area contributed by atoms with Gasteiger partial charge in [0.15, 0.2) is 15.8 Å². The fourth-order valence-corrected chi connectivity index (χ4v) is 3.16. The molecular weight excluding hydrogens is 457 g/mol. The first-order valence-electron chi connectivity index (χ1n) is 8.58. The first-order chi connectivity index (χ1) is 11.3. The van der Waals surface area contributed by atoms with Gasteiger partial charge in [-0.15, -0.1) is 24.0 Å². The van der Waals surface area contributed by atoms with Gasteiger partial charge >= 0.3 is 0 Å². The highest BCUT2D eigenvalue weighted by Gasteiger charge is 2.28. The van der Waals surface area contributed by atoms with Crippen molar-refractivity contribution >= 4 is 39.8 Å². The zero-order valence-electron chi connectivity index (χ0n) is 15.8. The topological polar surface area (TPSA) is 89.0 Å². The minimum Gasteiger partial charge on any atom is -0.381 e. The summed E-state index contributed by atoms with van der Waals surface area (Å²) in [5.74, 6) is 1.24. The molecule has 150 valence electrons. The maximum Gasteiger partial charge on any atom is 0.191 e. The maximum absolute atomic E-state index is 12.0. The Kier molecular flexibility index (Phi) is 12.2. The Balaban J connectivity index is 0.00000576. The third-order valence-corrected chi connectivity index (χ3v) is 6.56. The number of ether oxygens (including phenoxy) is 2. The standard InChI is InChI=1S/C16H33N3O4S.HI/c1-16(2,3)24(20,21)11-8-19-15(17-4)18-7-5-9-22-12-14-6-10-23-13-14;/h14H,5-13H2,1-4H3,(H2,17,18,19);1H. The predicted octanol–water partition coefficient (Wildman–Crippen LogP) is 1.43. The lowest BCUT2D eigenvalue weighted by atomic mass is 10.1. The molecule has 25 heavy (non-hydrogen) atoms. The van der Waals surface area contributed by atoms with E-state index in [-0.39, 0.29) is 29.7 Å². The van der Waals surface area contributed by atoms with Crippen molar-refractivity contribution in [3.63, 3.8) is 0 Å². The van der Waals surface area contributed by atoms with E-state index in [4.69, 9.17) is 9.47 Å². The van der Waals surface area contributed by atoms with Crippen LogP contribution in [0.1, 0.15) is 33.6 Å². The van der Waals surface area contributed by atoms with Crippen LogP contribution in [0.2, 0.25) is 0 Å². The molecule has 1 aliphatic rings. The minimum atomic E-state index is -3.12. The molecule has 0 radical (unpaired) electrons. The Morgan fingerprint density at radius 3 is 2.52 bits per heavy atom. The molecule has 1 aliphatic heterocycles. The van der Waals surface area contributed by atoms with Crippen molar-refractivity contribution in [1.82, 2.24) is 10.6 Å². The normalized spacial score (nSPS) is 18.7. The lowest BCUT2D eigenvalue weighted by Gasteiger charge is -2.19. The average Bonchev–Trinajstić information content (AvgIpc) is 3.00. The van der Waals surface area contributed by atoms with Crippen LogP contribution in [0.3, 0.4) is 0 Å². The van der Waals surface area contributed by atoms with Crippen LogP contribution < -0.4 is 10.6 Å². The van der Waals surface area contributed by atoms with Crippen LogP contribution in [0, 0.1) is 5.92 Å². The molecule has 1 atom stereocenters. The number of rotatable bonds is 9. The largest absolute Gasteiger partial charge is 0.381 e. The third kappa shape index (κ3) is 9.95. The maximum atomic E-state index is 12.0. The highest BCUT2D eigenvalue weighted by atomic mass is 127. The van der Waals surface area contributed by atoms with E-state index in [1.807, 2.05) is 0 Å². The number of hydrogen-bond acceptors (Lipinski definition) is 5. The Bertz CT molecular complexity index is 486. The molecule has 1 heterocycles. The minimum absolute atomic E-state index is 0. The Morgan fingerprint density at radius 2 is 1.96 bits per heavy atom. The molecule has 0 aromatic rings. The molecule has 0 bridgehead atoms. The molecule has 1 saturated heterocycles. The Morgan fingerprint density at radius 1 is 1.28 bits per heavy atom. The summed E-state index contributed by atoms with van der Waals surface area (Å²) >= 11 is 0. The summed E-state index contributed by atoms with van der Waals surface area (Å²) in [7, 11) is -1.45. The fraction of sp³-hybridized carbons (Fsp3) is 0.938. The van der Waals surface area contributed by atoms with Crippen molar-refractivity contribution in [3.8, 4) is 0 Å². The Labute approximate surface area is 169 Å². The van der Waals surface area contributed by atoms with E-state index in [2.05, 4.69) is 15.6 Å². The van der Waals surface area contributed by atoms with Crippen LogP contribution in [0.4, 0.5) is 0 Å². The van der Waals surface area contributed by atoms with Gasteiger partial charge in [-0.05, 0) is 33.6 Å². The van der Waals surface area contributed by atoms with Crippen molar-refractivity contribution in [2.24, 2.45) is 10.9 Å². The van der Waals surface area contributed by atoms with Gasteiger partial charge in [-0.25, -0.2) is 8.42 Å². The molecule has 1 rings (SSSR count). The first-order valence-corrected chi connectivity index (χ1v) is 10.2. The van der Waals surface area contributed by atoms with Crippen molar-refractivity contribution < 1.29 is 17.9 Å². The molecule has 1 unspecified atom stereocenters. The zero-order chi connectivity index (χ0) is 18.1. The van der Waals surface area contributed by atoms with Crippen LogP contribution in [-0.2, 0) is 19.3 Å². The van der Waals surface area contributed by atoms with Crippen molar-refractivity contribution in [2.45, 2.75) is 38.4 Å². The van der Waals surface area contributed by atoms with Gasteiger partial charge < -0.3 is 20.1 Å². The first kappa shape index (κ1) is 24.9. The number of nitrogens with one attached hydrogen (secondary N) is 2. The summed E-state index contributed by atoms with van der Waals surface area (Å²) in [6.45, 7) is 9.34. The van der Waals surface area contributed by atoms with Crippen molar-refractivity contribution in [3.05, 3.63) is 0 Å². The van der Waals surface area contributed by atoms with Crippen LogP contribution in [0.25, 0.3) is 0 Å². The second-order valence-electron chi connectivity index (χ2n) is 7.02. The molecule has 7 nitrogen and oxygen atoms in total. The summed E-state index contributed by atoms with van der Waals surface area (Å²) in [5, 5.41) is 6.20. The number of aliphatic imine (C=N–C) groups is 1. The molecule has 0 aromatic carbocycles. The second kappa shape index (κ2) is 12.3. The van der Waals surface area contributed by atoms with E-state index in [1.165, 1.54) is 0 Å². The Hall–Kier alpha value is -0.130. The van der Waals surface area contributed by atoms with E-state index in [0.29, 0.717) is 25.0 Å². The molecule has 0 saturated carbocycles. The highest BCUT2D eigenvalue weighted by molar-refractivity contribution is 14.0. The summed E-state index contributed by atoms with van der Waals surface area (Å²) < 4.78 is 34.3. The second-order valence-corrected chi connectivity index (χ2v) is 9.88. The molecule has 9 heteroatoms. The van der Waals surface area contributed by atoms with Crippen LogP contribution in [0.15, 0.2) is 4.99 Å². The molecule has 2 N–H and O–H groups in total. The number of guanidine groups is 1. The highest BCUT2D eigenvalue weighted by Crippen LogP contribution is 2.15. The fourth-order valence-electron chi connectivity index (χ4n) is 2.18. The van der Waals surface area contributed by atoms with Crippen LogP contribution >= 0.6 is 24.0 Å². The summed E-state index contributed by atoms with van der Waals surface area (Å²) in [5.41, 5.74) is 0. The van der Waals surface area contributed by atoms with Gasteiger partial charge in [-0.3, -0.25) is 4.99 Å². The predicted molar refractivity (Wildman–Crippen MR) is 113 cm³/mol. The number of halogens is 1. The third-order valence-electron chi connectivity index (χ3n) is 3.96. The van der Waals surface area contributed by atoms with Gasteiger partial charge in [0, 0.05) is 39.3 Å². The SMILES string of the molecule is CN=C(NCCCOCC1CCOC1)NCCS(=O)(=O)C(C)(C)C.I. The summed E-state index contributed by atoms with van der Waals surface area (Å²) in [6.07, 6.45) is 1.96. The van der Waals surface area contributed by atoms with Gasteiger partial charge in [0.1, 0.15) is 0 Å². The molecule has 0 amide bonds. The van der Waals surface area contributed by atoms with E-state index < -0.39 is 14.6 Å². The lowest BCUT2D eigenvalue weighted by molar-refractivity contribution is 0.0888. The van der Waals surface area contributed by atoms with E-state index in [1.54, 1.807) is 27.8 Å². The summed E-state index contributed by atoms with van der Waals surface area (Å²) in [4.78, 5) is 4.09. The van der Waals surface area contributed by atoms with Gasteiger partial charge in [0.25, 0.3) is 0 Å². The summed E-state index contributed by atoms with van der Waals surface area (Å²) in [6, 6.07) is 0.